The number of hydrogen-bond donors (Lipinski definition) is 2. The van der Waals surface area contributed by atoms with Gasteiger partial charge in [0.15, 0.2) is 5.69 Å². The van der Waals surface area contributed by atoms with Gasteiger partial charge in [0, 0.05) is 31.3 Å². The Morgan fingerprint density at radius 1 is 1.12 bits per heavy atom. The lowest BCUT2D eigenvalue weighted by atomic mass is 10.00. The summed E-state index contributed by atoms with van der Waals surface area (Å²) >= 11 is 6.03. The number of carbonyl (C=O) groups is 1. The van der Waals surface area contributed by atoms with Gasteiger partial charge in [-0.15, -0.1) is 0 Å². The molecule has 1 amide bonds. The molecule has 0 aliphatic carbocycles. The van der Waals surface area contributed by atoms with Crippen LogP contribution in [0.25, 0.3) is 22.3 Å². The molecule has 0 unspecified atom stereocenters. The first kappa shape index (κ1) is 30.6. The SMILES string of the molecule is Cc1cc([C@@H](C)Nc2ccc(Cl)nc2C(=O)NS(C)(=O)=O)c2nc(-c3ccc([C@@H]4CN(C)CCO4)cc3)n(C)c(=O)c2c1. The van der Waals surface area contributed by atoms with Crippen molar-refractivity contribution in [2.24, 2.45) is 7.05 Å². The molecule has 13 heteroatoms. The van der Waals surface area contributed by atoms with E-state index in [1.54, 1.807) is 23.7 Å². The fourth-order valence-corrected chi connectivity index (χ4v) is 5.80. The zero-order valence-corrected chi connectivity index (χ0v) is 26.1. The molecule has 3 heterocycles. The number of ether oxygens (including phenoxy) is 1. The van der Waals surface area contributed by atoms with E-state index in [1.807, 2.05) is 48.9 Å². The quantitative estimate of drug-likeness (QED) is 0.294. The van der Waals surface area contributed by atoms with E-state index in [0.717, 1.165) is 36.0 Å². The molecule has 2 atom stereocenters. The molecule has 2 aromatic carbocycles. The molecule has 5 rings (SSSR count). The Labute approximate surface area is 254 Å². The van der Waals surface area contributed by atoms with Crippen molar-refractivity contribution in [2.45, 2.75) is 26.0 Å². The van der Waals surface area contributed by atoms with E-state index in [0.29, 0.717) is 28.9 Å². The zero-order chi connectivity index (χ0) is 31.1. The maximum Gasteiger partial charge on any atom is 0.285 e. The summed E-state index contributed by atoms with van der Waals surface area (Å²) in [6, 6.07) is 14.2. The number of aryl methyl sites for hydroxylation is 1. The number of carbonyl (C=O) groups excluding carboxylic acids is 1. The van der Waals surface area contributed by atoms with Crippen molar-refractivity contribution in [3.8, 4) is 11.4 Å². The average Bonchev–Trinajstić information content (AvgIpc) is 2.95. The monoisotopic (exact) mass is 624 g/mol. The largest absolute Gasteiger partial charge is 0.377 e. The highest BCUT2D eigenvalue weighted by Crippen LogP contribution is 2.30. The maximum absolute atomic E-state index is 13.6. The van der Waals surface area contributed by atoms with Crippen LogP contribution in [0.1, 0.15) is 46.2 Å². The third-order valence-corrected chi connectivity index (χ3v) is 8.12. The standard InChI is InChI=1S/C30H33ClN6O5S/c1-17-14-21(18(2)32-23-10-11-25(31)33-27(23)29(38)35-43(5,40)41)26-22(15-17)30(39)37(4)28(34-26)20-8-6-19(7-9-20)24-16-36(3)12-13-42-24/h6-11,14-15,18,24,32H,12-13,16H2,1-5H3,(H,35,38)/t18-,24+/m1/s1. The van der Waals surface area contributed by atoms with Gasteiger partial charge < -0.3 is 15.0 Å². The highest BCUT2D eigenvalue weighted by atomic mass is 35.5. The van der Waals surface area contributed by atoms with Crippen LogP contribution < -0.4 is 15.6 Å². The van der Waals surface area contributed by atoms with Crippen LogP contribution in [0.15, 0.2) is 53.3 Å². The van der Waals surface area contributed by atoms with Gasteiger partial charge in [0.05, 0.1) is 41.6 Å². The number of nitrogens with one attached hydrogen (secondary N) is 2. The highest BCUT2D eigenvalue weighted by molar-refractivity contribution is 7.89. The predicted octanol–water partition coefficient (Wildman–Crippen LogP) is 3.82. The molecule has 1 aliphatic heterocycles. The minimum atomic E-state index is -3.83. The van der Waals surface area contributed by atoms with Crippen molar-refractivity contribution in [1.29, 1.82) is 0 Å². The number of likely N-dealkylation sites (N-methyl/N-ethyl adjacent to an activating group) is 1. The third-order valence-electron chi connectivity index (χ3n) is 7.36. The van der Waals surface area contributed by atoms with E-state index in [1.165, 1.54) is 6.07 Å². The molecular formula is C30H33ClN6O5S. The second-order valence-corrected chi connectivity index (χ2v) is 13.0. The molecule has 11 nitrogen and oxygen atoms in total. The van der Waals surface area contributed by atoms with Crippen molar-refractivity contribution in [1.82, 2.24) is 24.2 Å². The summed E-state index contributed by atoms with van der Waals surface area (Å²) in [7, 11) is -0.0613. The van der Waals surface area contributed by atoms with E-state index in [2.05, 4.69) is 22.2 Å². The molecule has 2 aromatic heterocycles. The molecule has 1 fully saturated rings. The van der Waals surface area contributed by atoms with E-state index in [-0.39, 0.29) is 28.2 Å². The number of amides is 1. The summed E-state index contributed by atoms with van der Waals surface area (Å²) in [6.07, 6.45) is 0.860. The summed E-state index contributed by atoms with van der Waals surface area (Å²) in [5.41, 5.74) is 3.81. The molecule has 0 bridgehead atoms. The topological polar surface area (TPSA) is 136 Å². The van der Waals surface area contributed by atoms with E-state index < -0.39 is 22.0 Å². The predicted molar refractivity (Wildman–Crippen MR) is 167 cm³/mol. The number of aromatic nitrogens is 3. The van der Waals surface area contributed by atoms with Crippen molar-refractivity contribution in [3.05, 3.63) is 86.4 Å². The van der Waals surface area contributed by atoms with Gasteiger partial charge >= 0.3 is 0 Å². The van der Waals surface area contributed by atoms with Gasteiger partial charge in [0.1, 0.15) is 11.0 Å². The number of pyridine rings is 1. The van der Waals surface area contributed by atoms with Crippen LogP contribution in [-0.2, 0) is 21.8 Å². The second kappa shape index (κ2) is 12.0. The van der Waals surface area contributed by atoms with Crippen LogP contribution in [0.3, 0.4) is 0 Å². The van der Waals surface area contributed by atoms with Gasteiger partial charge in [0.25, 0.3) is 11.5 Å². The normalized spacial score (nSPS) is 16.7. The minimum absolute atomic E-state index is 0.0190. The lowest BCUT2D eigenvalue weighted by molar-refractivity contribution is -0.0208. The number of nitrogens with zero attached hydrogens (tertiary/aromatic N) is 4. The first-order valence-electron chi connectivity index (χ1n) is 13.7. The Kier molecular flexibility index (Phi) is 8.57. The third kappa shape index (κ3) is 6.72. The van der Waals surface area contributed by atoms with Crippen LogP contribution in [0.4, 0.5) is 5.69 Å². The summed E-state index contributed by atoms with van der Waals surface area (Å²) in [6.45, 7) is 6.13. The van der Waals surface area contributed by atoms with Gasteiger partial charge in [-0.05, 0) is 50.2 Å². The number of fused-ring (bicyclic) bond motifs is 1. The zero-order valence-electron chi connectivity index (χ0n) is 24.5. The van der Waals surface area contributed by atoms with E-state index in [4.69, 9.17) is 21.3 Å². The molecule has 43 heavy (non-hydrogen) atoms. The lowest BCUT2D eigenvalue weighted by Gasteiger charge is -2.30. The van der Waals surface area contributed by atoms with Gasteiger partial charge in [-0.25, -0.2) is 23.1 Å². The Balaban J connectivity index is 1.54. The number of sulfonamides is 1. The molecule has 0 saturated carbocycles. The number of halogens is 1. The van der Waals surface area contributed by atoms with Crippen molar-refractivity contribution in [3.63, 3.8) is 0 Å². The molecule has 0 spiro atoms. The van der Waals surface area contributed by atoms with Crippen LogP contribution >= 0.6 is 11.6 Å². The van der Waals surface area contributed by atoms with Crippen molar-refractivity contribution < 1.29 is 17.9 Å². The number of hydrogen-bond acceptors (Lipinski definition) is 9. The highest BCUT2D eigenvalue weighted by Gasteiger charge is 2.23. The lowest BCUT2D eigenvalue weighted by Crippen LogP contribution is -2.35. The fraction of sp³-hybridized carbons (Fsp3) is 0.333. The number of morpholine rings is 1. The Hall–Kier alpha value is -3.84. The Morgan fingerprint density at radius 2 is 1.84 bits per heavy atom. The molecule has 4 aromatic rings. The van der Waals surface area contributed by atoms with Crippen LogP contribution in [-0.4, -0.2) is 66.8 Å². The van der Waals surface area contributed by atoms with Gasteiger partial charge in [0.2, 0.25) is 10.0 Å². The van der Waals surface area contributed by atoms with Gasteiger partial charge in [-0.1, -0.05) is 41.9 Å². The summed E-state index contributed by atoms with van der Waals surface area (Å²) < 4.78 is 32.8. The summed E-state index contributed by atoms with van der Waals surface area (Å²) in [5.74, 6) is -0.416. The molecular weight excluding hydrogens is 592 g/mol. The molecule has 226 valence electrons. The fourth-order valence-electron chi connectivity index (χ4n) is 5.22. The molecule has 1 aliphatic rings. The van der Waals surface area contributed by atoms with Gasteiger partial charge in [-0.3, -0.25) is 14.2 Å². The molecule has 2 N–H and O–H groups in total. The minimum Gasteiger partial charge on any atom is -0.377 e. The first-order chi connectivity index (χ1) is 20.3. The van der Waals surface area contributed by atoms with E-state index in [9.17, 15) is 18.0 Å². The summed E-state index contributed by atoms with van der Waals surface area (Å²) in [5, 5.41) is 3.72. The second-order valence-electron chi connectivity index (χ2n) is 10.9. The molecule has 0 radical (unpaired) electrons. The Bertz CT molecular complexity index is 1880. The number of benzene rings is 2. The first-order valence-corrected chi connectivity index (χ1v) is 15.9. The summed E-state index contributed by atoms with van der Waals surface area (Å²) in [4.78, 5) is 37.6. The van der Waals surface area contributed by atoms with Crippen LogP contribution in [0, 0.1) is 6.92 Å². The van der Waals surface area contributed by atoms with Crippen LogP contribution in [0.2, 0.25) is 5.15 Å². The average molecular weight is 625 g/mol. The Morgan fingerprint density at radius 3 is 2.51 bits per heavy atom. The van der Waals surface area contributed by atoms with E-state index >= 15 is 0 Å². The number of rotatable bonds is 7. The van der Waals surface area contributed by atoms with Gasteiger partial charge in [-0.2, -0.15) is 0 Å². The van der Waals surface area contributed by atoms with Crippen LogP contribution in [0.5, 0.6) is 0 Å². The van der Waals surface area contributed by atoms with Crippen molar-refractivity contribution in [2.75, 3.05) is 38.3 Å². The molecule has 1 saturated heterocycles. The van der Waals surface area contributed by atoms with Crippen molar-refractivity contribution >= 4 is 44.1 Å². The maximum atomic E-state index is 13.6. The number of anilines is 1. The smallest absolute Gasteiger partial charge is 0.285 e.